The third-order valence-corrected chi connectivity index (χ3v) is 4.63. The van der Waals surface area contributed by atoms with Gasteiger partial charge in [0.25, 0.3) is 0 Å². The van der Waals surface area contributed by atoms with Crippen molar-refractivity contribution in [1.29, 1.82) is 0 Å². The molecule has 2 atom stereocenters. The highest BCUT2D eigenvalue weighted by molar-refractivity contribution is 5.85. The minimum Gasteiger partial charge on any atom is -0.389 e. The molecule has 0 aliphatic carbocycles. The molecule has 1 heterocycles. The summed E-state index contributed by atoms with van der Waals surface area (Å²) in [7, 11) is 0. The van der Waals surface area contributed by atoms with Gasteiger partial charge in [-0.1, -0.05) is 35.9 Å². The van der Waals surface area contributed by atoms with Crippen molar-refractivity contribution in [2.24, 2.45) is 0 Å². The van der Waals surface area contributed by atoms with Crippen LogP contribution in [0, 0.1) is 18.6 Å². The maximum Gasteiger partial charge on any atom is 0.159 e. The number of β-amino-alcohol motifs (C(OH)–C–C–N with tert-alkyl or cyclic N) is 1. The van der Waals surface area contributed by atoms with Crippen LogP contribution in [0.15, 0.2) is 42.5 Å². The predicted molar refractivity (Wildman–Crippen MR) is 106 cm³/mol. The Morgan fingerprint density at radius 3 is 2.64 bits per heavy atom. The number of nitrogens with zero attached hydrogens (tertiary/aromatic N) is 1. The topological polar surface area (TPSA) is 41.9 Å². The Balaban J connectivity index is 0.00000280. The third-order valence-electron chi connectivity index (χ3n) is 4.63. The molecule has 0 spiro atoms. The predicted octanol–water partition coefficient (Wildman–Crippen LogP) is 3.65. The lowest BCUT2D eigenvalue weighted by atomic mass is 10.1. The van der Waals surface area contributed by atoms with E-state index in [4.69, 9.17) is 9.47 Å². The highest BCUT2D eigenvalue weighted by atomic mass is 35.5. The van der Waals surface area contributed by atoms with E-state index in [1.165, 1.54) is 17.7 Å². The van der Waals surface area contributed by atoms with Crippen LogP contribution in [-0.4, -0.2) is 49.0 Å². The largest absolute Gasteiger partial charge is 0.389 e. The van der Waals surface area contributed by atoms with Crippen LogP contribution in [0.3, 0.4) is 0 Å². The molecule has 3 rings (SSSR count). The van der Waals surface area contributed by atoms with Crippen molar-refractivity contribution >= 4 is 12.4 Å². The van der Waals surface area contributed by atoms with Crippen LogP contribution in [0.5, 0.6) is 0 Å². The lowest BCUT2D eigenvalue weighted by Crippen LogP contribution is -2.43. The molecule has 0 radical (unpaired) electrons. The van der Waals surface area contributed by atoms with E-state index in [1.54, 1.807) is 0 Å². The number of ether oxygens (including phenoxy) is 2. The Morgan fingerprint density at radius 2 is 1.93 bits per heavy atom. The molecule has 1 N–H and O–H groups in total. The first-order valence-corrected chi connectivity index (χ1v) is 9.11. The molecule has 2 aromatic rings. The van der Waals surface area contributed by atoms with E-state index in [2.05, 4.69) is 4.90 Å². The number of hydrogen-bond acceptors (Lipinski definition) is 4. The van der Waals surface area contributed by atoms with E-state index in [9.17, 15) is 13.9 Å². The second-order valence-corrected chi connectivity index (χ2v) is 6.95. The third kappa shape index (κ3) is 6.50. The highest BCUT2D eigenvalue weighted by Crippen LogP contribution is 2.24. The van der Waals surface area contributed by atoms with Gasteiger partial charge in [-0.25, -0.2) is 8.78 Å². The summed E-state index contributed by atoms with van der Waals surface area (Å²) in [6, 6.07) is 11.9. The first-order chi connectivity index (χ1) is 13.0. The van der Waals surface area contributed by atoms with Gasteiger partial charge < -0.3 is 14.6 Å². The van der Waals surface area contributed by atoms with Gasteiger partial charge in [0.05, 0.1) is 32.0 Å². The van der Waals surface area contributed by atoms with Gasteiger partial charge in [-0.2, -0.15) is 0 Å². The molecule has 0 amide bonds. The molecule has 7 heteroatoms. The fourth-order valence-electron chi connectivity index (χ4n) is 3.13. The van der Waals surface area contributed by atoms with Crippen LogP contribution in [0.1, 0.15) is 22.8 Å². The molecule has 1 saturated heterocycles. The van der Waals surface area contributed by atoms with Gasteiger partial charge in [0.15, 0.2) is 11.6 Å². The minimum atomic E-state index is -0.877. The Kier molecular flexibility index (Phi) is 8.79. The fourth-order valence-corrected chi connectivity index (χ4v) is 3.13. The normalized spacial score (nSPS) is 18.5. The average molecular weight is 414 g/mol. The van der Waals surface area contributed by atoms with Crippen LogP contribution in [-0.2, 0) is 16.1 Å². The fraction of sp³-hybridized carbons (Fsp3) is 0.429. The standard InChI is InChI=1S/C21H25F2NO3.ClH/c1-15-2-4-16(5-3-15)13-26-14-18(25)11-24-8-9-27-21(12-24)17-6-7-19(22)20(23)10-17;/h2-7,10,18,21,25H,8-9,11-14H2,1H3;1H. The second-order valence-electron chi connectivity index (χ2n) is 6.95. The monoisotopic (exact) mass is 413 g/mol. The van der Waals surface area contributed by atoms with Crippen molar-refractivity contribution in [2.45, 2.75) is 25.7 Å². The van der Waals surface area contributed by atoms with Crippen LogP contribution in [0.2, 0.25) is 0 Å². The maximum atomic E-state index is 13.4. The van der Waals surface area contributed by atoms with Gasteiger partial charge in [-0.15, -0.1) is 12.4 Å². The molecule has 2 unspecified atom stereocenters. The van der Waals surface area contributed by atoms with E-state index in [0.717, 1.165) is 11.6 Å². The van der Waals surface area contributed by atoms with Gasteiger partial charge in [0.1, 0.15) is 0 Å². The smallest absolute Gasteiger partial charge is 0.159 e. The summed E-state index contributed by atoms with van der Waals surface area (Å²) >= 11 is 0. The van der Waals surface area contributed by atoms with E-state index >= 15 is 0 Å². The Labute approximate surface area is 170 Å². The highest BCUT2D eigenvalue weighted by Gasteiger charge is 2.24. The molecule has 28 heavy (non-hydrogen) atoms. The summed E-state index contributed by atoms with van der Waals surface area (Å²) in [5.41, 5.74) is 2.86. The summed E-state index contributed by atoms with van der Waals surface area (Å²) in [4.78, 5) is 2.05. The molecule has 0 bridgehead atoms. The molecular formula is C21H26ClF2NO3. The zero-order valence-electron chi connectivity index (χ0n) is 15.8. The molecule has 4 nitrogen and oxygen atoms in total. The van der Waals surface area contributed by atoms with Crippen molar-refractivity contribution in [3.8, 4) is 0 Å². The van der Waals surface area contributed by atoms with Gasteiger partial charge >= 0.3 is 0 Å². The van der Waals surface area contributed by atoms with E-state index in [-0.39, 0.29) is 25.1 Å². The molecule has 2 aromatic carbocycles. The number of benzene rings is 2. The van der Waals surface area contributed by atoms with Crippen LogP contribution >= 0.6 is 12.4 Å². The maximum absolute atomic E-state index is 13.4. The van der Waals surface area contributed by atoms with Gasteiger partial charge in [-0.05, 0) is 30.2 Å². The summed E-state index contributed by atoms with van der Waals surface area (Å²) in [6.07, 6.45) is -0.964. The van der Waals surface area contributed by atoms with Gasteiger partial charge in [0.2, 0.25) is 0 Å². The first kappa shape index (κ1) is 22.7. The Hall–Kier alpha value is -1.57. The Bertz CT molecular complexity index is 745. The van der Waals surface area contributed by atoms with Gasteiger partial charge in [0, 0.05) is 19.6 Å². The quantitative estimate of drug-likeness (QED) is 0.752. The first-order valence-electron chi connectivity index (χ1n) is 9.11. The van der Waals surface area contributed by atoms with Crippen LogP contribution < -0.4 is 0 Å². The van der Waals surface area contributed by atoms with Crippen molar-refractivity contribution in [3.05, 3.63) is 70.8 Å². The molecule has 1 aliphatic heterocycles. The average Bonchev–Trinajstić information content (AvgIpc) is 2.66. The minimum absolute atomic E-state index is 0. The van der Waals surface area contributed by atoms with Crippen molar-refractivity contribution in [2.75, 3.05) is 32.8 Å². The number of morpholine rings is 1. The van der Waals surface area contributed by atoms with Gasteiger partial charge in [-0.3, -0.25) is 4.90 Å². The molecule has 0 saturated carbocycles. The zero-order chi connectivity index (χ0) is 19.2. The molecular weight excluding hydrogens is 388 g/mol. The summed E-state index contributed by atoms with van der Waals surface area (Å²) in [5, 5.41) is 10.2. The summed E-state index contributed by atoms with van der Waals surface area (Å²) < 4.78 is 37.8. The lowest BCUT2D eigenvalue weighted by Gasteiger charge is -2.34. The summed E-state index contributed by atoms with van der Waals surface area (Å²) in [6.45, 7) is 4.83. The number of aryl methyl sites for hydroxylation is 1. The van der Waals surface area contributed by atoms with E-state index in [1.807, 2.05) is 31.2 Å². The number of aliphatic hydroxyl groups excluding tert-OH is 1. The van der Waals surface area contributed by atoms with E-state index in [0.29, 0.717) is 38.4 Å². The number of rotatable bonds is 7. The summed E-state index contributed by atoms with van der Waals surface area (Å²) in [5.74, 6) is -1.75. The number of hydrogen-bond donors (Lipinski definition) is 1. The molecule has 1 aliphatic rings. The van der Waals surface area contributed by atoms with Crippen LogP contribution in [0.25, 0.3) is 0 Å². The van der Waals surface area contributed by atoms with Crippen molar-refractivity contribution in [1.82, 2.24) is 4.90 Å². The molecule has 0 aromatic heterocycles. The van der Waals surface area contributed by atoms with E-state index < -0.39 is 17.7 Å². The SMILES string of the molecule is Cc1ccc(COCC(O)CN2CCOC(c3ccc(F)c(F)c3)C2)cc1.Cl. The number of aliphatic hydroxyl groups is 1. The van der Waals surface area contributed by atoms with Crippen molar-refractivity contribution < 1.29 is 23.4 Å². The van der Waals surface area contributed by atoms with Crippen molar-refractivity contribution in [3.63, 3.8) is 0 Å². The second kappa shape index (κ2) is 10.8. The molecule has 154 valence electrons. The number of halogens is 3. The van der Waals surface area contributed by atoms with Crippen LogP contribution in [0.4, 0.5) is 8.78 Å². The Morgan fingerprint density at radius 1 is 1.18 bits per heavy atom. The zero-order valence-corrected chi connectivity index (χ0v) is 16.6. The lowest BCUT2D eigenvalue weighted by molar-refractivity contribution is -0.0537. The molecule has 1 fully saturated rings.